The molecule has 0 saturated heterocycles. The zero-order valence-electron chi connectivity index (χ0n) is 11.5. The van der Waals surface area contributed by atoms with Crippen LogP contribution in [-0.4, -0.2) is 6.54 Å². The highest BCUT2D eigenvalue weighted by atomic mass is 79.9. The Hall–Kier alpha value is -0.780. The number of benzene rings is 2. The third-order valence-corrected chi connectivity index (χ3v) is 4.12. The van der Waals surface area contributed by atoms with E-state index < -0.39 is 17.7 Å². The van der Waals surface area contributed by atoms with Gasteiger partial charge in [-0.1, -0.05) is 50.9 Å². The maximum atomic E-state index is 14.2. The highest BCUT2D eigenvalue weighted by molar-refractivity contribution is 9.10. The Morgan fingerprint density at radius 1 is 1.00 bits per heavy atom. The molecule has 0 aliphatic heterocycles. The van der Waals surface area contributed by atoms with Gasteiger partial charge >= 0.3 is 0 Å². The summed E-state index contributed by atoms with van der Waals surface area (Å²) in [7, 11) is 0. The predicted molar refractivity (Wildman–Crippen MR) is 88.3 cm³/mol. The fourth-order valence-electron chi connectivity index (χ4n) is 2.16. The van der Waals surface area contributed by atoms with Crippen LogP contribution in [0.25, 0.3) is 0 Å². The Morgan fingerprint density at radius 3 is 2.10 bits per heavy atom. The largest absolute Gasteiger partial charge is 0.306 e. The molecule has 0 aromatic heterocycles. The minimum atomic E-state index is -0.557. The van der Waals surface area contributed by atoms with E-state index in [0.717, 1.165) is 16.5 Å². The van der Waals surface area contributed by atoms with E-state index in [0.29, 0.717) is 11.0 Å². The summed E-state index contributed by atoms with van der Waals surface area (Å²) in [5.74, 6) is -1.11. The summed E-state index contributed by atoms with van der Waals surface area (Å²) in [6.45, 7) is 2.69. The smallest absolute Gasteiger partial charge is 0.132 e. The lowest BCUT2D eigenvalue weighted by Crippen LogP contribution is -2.25. The van der Waals surface area contributed by atoms with Gasteiger partial charge in [0.2, 0.25) is 0 Å². The number of hydrogen-bond acceptors (Lipinski definition) is 1. The van der Waals surface area contributed by atoms with E-state index in [2.05, 4.69) is 37.2 Å². The zero-order chi connectivity index (χ0) is 15.4. The van der Waals surface area contributed by atoms with Gasteiger partial charge in [-0.25, -0.2) is 8.78 Å². The van der Waals surface area contributed by atoms with Crippen molar-refractivity contribution in [3.05, 3.63) is 68.1 Å². The molecular formula is C16H15Br2F2N. The maximum absolute atomic E-state index is 14.2. The first-order valence-corrected chi connectivity index (χ1v) is 8.24. The number of nitrogens with one attached hydrogen (secondary N) is 1. The molecule has 0 radical (unpaired) electrons. The standard InChI is InChI=1S/C16H15Br2F2N/c1-2-7-21-16(10-3-5-11(17)6-4-10)15-13(19)8-12(18)9-14(15)20/h3-6,8-9,16,21H,2,7H2,1H3. The molecule has 0 aliphatic rings. The Balaban J connectivity index is 2.47. The number of rotatable bonds is 5. The molecule has 0 bridgehead atoms. The van der Waals surface area contributed by atoms with Crippen molar-refractivity contribution in [2.24, 2.45) is 0 Å². The number of halogens is 4. The fraction of sp³-hybridized carbons (Fsp3) is 0.250. The van der Waals surface area contributed by atoms with Gasteiger partial charge in [-0.3, -0.25) is 0 Å². The van der Waals surface area contributed by atoms with Crippen LogP contribution in [-0.2, 0) is 0 Å². The first-order valence-electron chi connectivity index (χ1n) is 6.66. The first kappa shape index (κ1) is 16.6. The van der Waals surface area contributed by atoms with Crippen LogP contribution in [0.5, 0.6) is 0 Å². The average Bonchev–Trinajstić information content (AvgIpc) is 2.42. The van der Waals surface area contributed by atoms with Crippen molar-refractivity contribution < 1.29 is 8.78 Å². The van der Waals surface area contributed by atoms with Gasteiger partial charge in [0.25, 0.3) is 0 Å². The van der Waals surface area contributed by atoms with Gasteiger partial charge in [0.1, 0.15) is 11.6 Å². The summed E-state index contributed by atoms with van der Waals surface area (Å²) in [5.41, 5.74) is 0.876. The molecule has 0 heterocycles. The molecule has 2 aromatic rings. The van der Waals surface area contributed by atoms with Crippen LogP contribution in [0.15, 0.2) is 45.3 Å². The molecule has 1 atom stereocenters. The summed E-state index contributed by atoms with van der Waals surface area (Å²) in [5, 5.41) is 3.21. The van der Waals surface area contributed by atoms with Crippen LogP contribution in [0, 0.1) is 11.6 Å². The van der Waals surface area contributed by atoms with Crippen molar-refractivity contribution >= 4 is 31.9 Å². The van der Waals surface area contributed by atoms with Crippen LogP contribution < -0.4 is 5.32 Å². The Morgan fingerprint density at radius 2 is 1.57 bits per heavy atom. The topological polar surface area (TPSA) is 12.0 Å². The molecule has 0 aliphatic carbocycles. The molecule has 2 rings (SSSR count). The molecule has 1 unspecified atom stereocenters. The molecular weight excluding hydrogens is 404 g/mol. The van der Waals surface area contributed by atoms with Crippen molar-refractivity contribution in [1.82, 2.24) is 5.32 Å². The van der Waals surface area contributed by atoms with E-state index >= 15 is 0 Å². The van der Waals surface area contributed by atoms with E-state index in [-0.39, 0.29) is 5.56 Å². The molecule has 2 aromatic carbocycles. The molecule has 0 saturated carbocycles. The molecule has 21 heavy (non-hydrogen) atoms. The minimum Gasteiger partial charge on any atom is -0.306 e. The van der Waals surface area contributed by atoms with Gasteiger partial charge in [0, 0.05) is 14.5 Å². The Bertz CT molecular complexity index is 591. The minimum absolute atomic E-state index is 0.0500. The summed E-state index contributed by atoms with van der Waals surface area (Å²) in [6.07, 6.45) is 0.882. The lowest BCUT2D eigenvalue weighted by Gasteiger charge is -2.21. The highest BCUT2D eigenvalue weighted by Crippen LogP contribution is 2.30. The van der Waals surface area contributed by atoms with Crippen molar-refractivity contribution in [2.45, 2.75) is 19.4 Å². The van der Waals surface area contributed by atoms with Crippen LogP contribution in [0.4, 0.5) is 8.78 Å². The molecule has 0 spiro atoms. The van der Waals surface area contributed by atoms with E-state index in [1.54, 1.807) is 0 Å². The predicted octanol–water partition coefficient (Wildman–Crippen LogP) is 5.58. The van der Waals surface area contributed by atoms with E-state index in [1.165, 1.54) is 12.1 Å². The Kier molecular flexibility index (Phi) is 5.90. The lowest BCUT2D eigenvalue weighted by atomic mass is 9.97. The van der Waals surface area contributed by atoms with Crippen molar-refractivity contribution in [3.63, 3.8) is 0 Å². The van der Waals surface area contributed by atoms with Crippen LogP contribution in [0.1, 0.15) is 30.5 Å². The van der Waals surface area contributed by atoms with Gasteiger partial charge in [0.15, 0.2) is 0 Å². The van der Waals surface area contributed by atoms with Gasteiger partial charge < -0.3 is 5.32 Å². The van der Waals surface area contributed by atoms with Crippen molar-refractivity contribution in [3.8, 4) is 0 Å². The fourth-order valence-corrected chi connectivity index (χ4v) is 2.83. The highest BCUT2D eigenvalue weighted by Gasteiger charge is 2.22. The SMILES string of the molecule is CCCNC(c1ccc(Br)cc1)c1c(F)cc(Br)cc1F. The average molecular weight is 419 g/mol. The molecule has 5 heteroatoms. The summed E-state index contributed by atoms with van der Waals surface area (Å²) in [6, 6.07) is 9.52. The van der Waals surface area contributed by atoms with Crippen molar-refractivity contribution in [2.75, 3.05) is 6.54 Å². The maximum Gasteiger partial charge on any atom is 0.132 e. The third kappa shape index (κ3) is 4.11. The first-order chi connectivity index (χ1) is 10.0. The van der Waals surface area contributed by atoms with Crippen molar-refractivity contribution in [1.29, 1.82) is 0 Å². The second-order valence-electron chi connectivity index (χ2n) is 4.72. The summed E-state index contributed by atoms with van der Waals surface area (Å²) in [4.78, 5) is 0. The molecule has 0 fully saturated rings. The Labute approximate surface area is 140 Å². The normalized spacial score (nSPS) is 12.4. The summed E-state index contributed by atoms with van der Waals surface area (Å²) >= 11 is 6.48. The van der Waals surface area contributed by atoms with E-state index in [1.807, 2.05) is 31.2 Å². The van der Waals surface area contributed by atoms with Crippen LogP contribution >= 0.6 is 31.9 Å². The van der Waals surface area contributed by atoms with Crippen LogP contribution in [0.3, 0.4) is 0 Å². The molecule has 0 amide bonds. The second kappa shape index (κ2) is 7.47. The van der Waals surface area contributed by atoms with E-state index in [9.17, 15) is 8.78 Å². The molecule has 1 nitrogen and oxygen atoms in total. The van der Waals surface area contributed by atoms with Gasteiger partial charge in [-0.15, -0.1) is 0 Å². The van der Waals surface area contributed by atoms with Gasteiger partial charge in [-0.2, -0.15) is 0 Å². The number of hydrogen-bond donors (Lipinski definition) is 1. The van der Waals surface area contributed by atoms with Crippen LogP contribution in [0.2, 0.25) is 0 Å². The second-order valence-corrected chi connectivity index (χ2v) is 6.55. The van der Waals surface area contributed by atoms with Gasteiger partial charge in [0.05, 0.1) is 6.04 Å². The quantitative estimate of drug-likeness (QED) is 0.668. The zero-order valence-corrected chi connectivity index (χ0v) is 14.6. The molecule has 1 N–H and O–H groups in total. The monoisotopic (exact) mass is 417 g/mol. The molecule has 112 valence electrons. The lowest BCUT2D eigenvalue weighted by molar-refractivity contribution is 0.502. The third-order valence-electron chi connectivity index (χ3n) is 3.13. The summed E-state index contributed by atoms with van der Waals surface area (Å²) < 4.78 is 29.8. The van der Waals surface area contributed by atoms with Gasteiger partial charge in [-0.05, 0) is 42.8 Å². The van der Waals surface area contributed by atoms with E-state index in [4.69, 9.17) is 0 Å².